The average Bonchev–Trinajstić information content (AvgIpc) is 2.90. The van der Waals surface area contributed by atoms with Crippen LogP contribution >= 0.6 is 0 Å². The molecule has 0 aromatic heterocycles. The summed E-state index contributed by atoms with van der Waals surface area (Å²) in [5, 5.41) is 0. The van der Waals surface area contributed by atoms with E-state index in [0.717, 1.165) is 24.2 Å². The largest absolute Gasteiger partial charge is 0.490 e. The van der Waals surface area contributed by atoms with E-state index in [2.05, 4.69) is 32.0 Å². The smallest absolute Gasteiger partial charge is 0.227 e. The molecular weight excluding hydrogens is 304 g/mol. The lowest BCUT2D eigenvalue weighted by atomic mass is 10.0. The Morgan fingerprint density at radius 3 is 2.54 bits per heavy atom. The molecular formula is C19H26N2O3. The van der Waals surface area contributed by atoms with Gasteiger partial charge in [-0.25, -0.2) is 0 Å². The maximum atomic E-state index is 12.6. The van der Waals surface area contributed by atoms with Gasteiger partial charge in [0.1, 0.15) is 11.9 Å². The zero-order valence-electron chi connectivity index (χ0n) is 14.7. The molecule has 24 heavy (non-hydrogen) atoms. The fraction of sp³-hybridized carbons (Fsp3) is 0.579. The van der Waals surface area contributed by atoms with Crippen LogP contribution in [0.25, 0.3) is 0 Å². The first-order valence-corrected chi connectivity index (χ1v) is 8.70. The van der Waals surface area contributed by atoms with Gasteiger partial charge in [-0.05, 0) is 31.0 Å². The van der Waals surface area contributed by atoms with Gasteiger partial charge in [0.25, 0.3) is 0 Å². The molecule has 2 fully saturated rings. The summed E-state index contributed by atoms with van der Waals surface area (Å²) in [4.78, 5) is 27.7. The van der Waals surface area contributed by atoms with Crippen molar-refractivity contribution < 1.29 is 14.3 Å². The molecule has 130 valence electrons. The third-order valence-electron chi connectivity index (χ3n) is 5.08. The summed E-state index contributed by atoms with van der Waals surface area (Å²) in [6, 6.07) is 6.24. The summed E-state index contributed by atoms with van der Waals surface area (Å²) in [7, 11) is 1.76. The van der Waals surface area contributed by atoms with Gasteiger partial charge < -0.3 is 14.5 Å². The molecule has 0 unspecified atom stereocenters. The monoisotopic (exact) mass is 330 g/mol. The normalized spacial score (nSPS) is 22.1. The van der Waals surface area contributed by atoms with E-state index >= 15 is 0 Å². The molecule has 0 N–H and O–H groups in total. The lowest BCUT2D eigenvalue weighted by Crippen LogP contribution is -2.44. The summed E-state index contributed by atoms with van der Waals surface area (Å²) < 4.78 is 6.15. The van der Waals surface area contributed by atoms with Crippen molar-refractivity contribution >= 4 is 11.8 Å². The first-order chi connectivity index (χ1) is 11.4. The minimum absolute atomic E-state index is 0.0708. The number of aryl methyl sites for hydroxylation is 2. The molecule has 1 atom stereocenters. The number of amides is 2. The maximum Gasteiger partial charge on any atom is 0.227 e. The van der Waals surface area contributed by atoms with E-state index in [-0.39, 0.29) is 23.8 Å². The Balaban J connectivity index is 1.53. The van der Waals surface area contributed by atoms with E-state index in [9.17, 15) is 9.59 Å². The van der Waals surface area contributed by atoms with Crippen molar-refractivity contribution in [2.24, 2.45) is 5.92 Å². The van der Waals surface area contributed by atoms with Crippen molar-refractivity contribution in [2.45, 2.75) is 39.2 Å². The number of piperidine rings is 1. The summed E-state index contributed by atoms with van der Waals surface area (Å²) >= 11 is 0. The predicted molar refractivity (Wildman–Crippen MR) is 91.9 cm³/mol. The van der Waals surface area contributed by atoms with Gasteiger partial charge in [-0.1, -0.05) is 12.1 Å². The molecule has 2 aliphatic heterocycles. The van der Waals surface area contributed by atoms with Gasteiger partial charge in [-0.3, -0.25) is 9.59 Å². The Labute approximate surface area is 143 Å². The number of carbonyl (C=O) groups is 2. The number of hydrogen-bond acceptors (Lipinski definition) is 3. The lowest BCUT2D eigenvalue weighted by molar-refractivity contribution is -0.137. The third kappa shape index (κ3) is 3.55. The van der Waals surface area contributed by atoms with Crippen LogP contribution in [-0.4, -0.2) is 54.4 Å². The van der Waals surface area contributed by atoms with Crippen LogP contribution in [0.1, 0.15) is 30.4 Å². The van der Waals surface area contributed by atoms with Crippen molar-refractivity contribution in [3.05, 3.63) is 29.3 Å². The highest BCUT2D eigenvalue weighted by Gasteiger charge is 2.36. The van der Waals surface area contributed by atoms with Gasteiger partial charge in [0.05, 0.1) is 5.92 Å². The van der Waals surface area contributed by atoms with E-state index in [0.29, 0.717) is 26.1 Å². The topological polar surface area (TPSA) is 49.9 Å². The molecule has 5 nitrogen and oxygen atoms in total. The fourth-order valence-electron chi connectivity index (χ4n) is 3.50. The number of nitrogens with zero attached hydrogens (tertiary/aromatic N) is 2. The second-order valence-electron chi connectivity index (χ2n) is 7.09. The highest BCUT2D eigenvalue weighted by molar-refractivity contribution is 5.89. The quantitative estimate of drug-likeness (QED) is 0.853. The van der Waals surface area contributed by atoms with Crippen LogP contribution in [0.2, 0.25) is 0 Å². The molecule has 0 spiro atoms. The predicted octanol–water partition coefficient (Wildman–Crippen LogP) is 2.15. The maximum absolute atomic E-state index is 12.6. The molecule has 0 saturated carbocycles. The van der Waals surface area contributed by atoms with Gasteiger partial charge in [0, 0.05) is 45.9 Å². The summed E-state index contributed by atoms with van der Waals surface area (Å²) in [5.41, 5.74) is 2.34. The second kappa shape index (κ2) is 6.83. The number of benzene rings is 1. The van der Waals surface area contributed by atoms with Crippen LogP contribution < -0.4 is 4.74 Å². The second-order valence-corrected chi connectivity index (χ2v) is 7.09. The van der Waals surface area contributed by atoms with Crippen molar-refractivity contribution in [1.82, 2.24) is 9.80 Å². The number of ether oxygens (including phenoxy) is 1. The molecule has 1 aromatic rings. The molecule has 2 saturated heterocycles. The number of rotatable bonds is 3. The Morgan fingerprint density at radius 1 is 1.21 bits per heavy atom. The van der Waals surface area contributed by atoms with Gasteiger partial charge in [0.15, 0.2) is 0 Å². The van der Waals surface area contributed by atoms with Crippen molar-refractivity contribution in [1.29, 1.82) is 0 Å². The highest BCUT2D eigenvalue weighted by Crippen LogP contribution is 2.25. The van der Waals surface area contributed by atoms with Crippen molar-refractivity contribution in [3.8, 4) is 5.75 Å². The fourth-order valence-corrected chi connectivity index (χ4v) is 3.50. The summed E-state index contributed by atoms with van der Waals surface area (Å²) in [5.74, 6) is 0.973. The first-order valence-electron chi connectivity index (χ1n) is 8.70. The van der Waals surface area contributed by atoms with Crippen molar-refractivity contribution in [2.75, 3.05) is 26.7 Å². The number of hydrogen-bond donors (Lipinski definition) is 0. The van der Waals surface area contributed by atoms with E-state index in [1.165, 1.54) is 5.56 Å². The molecule has 0 bridgehead atoms. The van der Waals surface area contributed by atoms with Crippen LogP contribution in [0, 0.1) is 19.8 Å². The molecule has 2 aliphatic rings. The first kappa shape index (κ1) is 16.8. The van der Waals surface area contributed by atoms with E-state index in [1.54, 1.807) is 11.9 Å². The lowest BCUT2D eigenvalue weighted by Gasteiger charge is -2.33. The van der Waals surface area contributed by atoms with Gasteiger partial charge in [-0.15, -0.1) is 0 Å². The minimum Gasteiger partial charge on any atom is -0.490 e. The molecule has 0 radical (unpaired) electrons. The molecule has 2 heterocycles. The third-order valence-corrected chi connectivity index (χ3v) is 5.08. The van der Waals surface area contributed by atoms with Crippen molar-refractivity contribution in [3.63, 3.8) is 0 Å². The zero-order valence-corrected chi connectivity index (χ0v) is 14.7. The van der Waals surface area contributed by atoms with E-state index in [4.69, 9.17) is 4.74 Å². The van der Waals surface area contributed by atoms with Crippen LogP contribution in [0.4, 0.5) is 0 Å². The highest BCUT2D eigenvalue weighted by atomic mass is 16.5. The van der Waals surface area contributed by atoms with Crippen LogP contribution in [0.5, 0.6) is 5.75 Å². The number of likely N-dealkylation sites (tertiary alicyclic amines) is 2. The Morgan fingerprint density at radius 2 is 1.92 bits per heavy atom. The summed E-state index contributed by atoms with van der Waals surface area (Å²) in [6.45, 7) is 6.09. The van der Waals surface area contributed by atoms with Crippen LogP contribution in [-0.2, 0) is 9.59 Å². The van der Waals surface area contributed by atoms with Gasteiger partial charge >= 0.3 is 0 Å². The summed E-state index contributed by atoms with van der Waals surface area (Å²) in [6.07, 6.45) is 2.20. The van der Waals surface area contributed by atoms with Crippen LogP contribution in [0.15, 0.2) is 18.2 Å². The molecule has 3 rings (SSSR count). The average molecular weight is 330 g/mol. The minimum atomic E-state index is -0.168. The molecule has 5 heteroatoms. The Kier molecular flexibility index (Phi) is 4.78. The standard InChI is InChI=1S/C19H26N2O3/c1-13-4-5-14(2)17(10-13)24-16-6-8-21(9-7-16)19(23)15-11-18(22)20(3)12-15/h4-5,10,15-16H,6-9,11-12H2,1-3H3/t15-/m1/s1. The van der Waals surface area contributed by atoms with Gasteiger partial charge in [0.2, 0.25) is 11.8 Å². The van der Waals surface area contributed by atoms with Gasteiger partial charge in [-0.2, -0.15) is 0 Å². The number of carbonyl (C=O) groups excluding carboxylic acids is 2. The Bertz CT molecular complexity index is 635. The molecule has 2 amide bonds. The zero-order chi connectivity index (χ0) is 17.3. The molecule has 1 aromatic carbocycles. The van der Waals surface area contributed by atoms with E-state index < -0.39 is 0 Å². The Hall–Kier alpha value is -2.04. The molecule has 0 aliphatic carbocycles. The van der Waals surface area contributed by atoms with Crippen LogP contribution in [0.3, 0.4) is 0 Å². The SMILES string of the molecule is Cc1ccc(C)c(OC2CCN(C(=O)[C@@H]3CC(=O)N(C)C3)CC2)c1. The van der Waals surface area contributed by atoms with E-state index in [1.807, 2.05) is 4.90 Å².